The van der Waals surface area contributed by atoms with Crippen LogP contribution < -0.4 is 5.32 Å². The first-order valence-corrected chi connectivity index (χ1v) is 12.5. The maximum atomic E-state index is 12.8. The fourth-order valence-corrected chi connectivity index (χ4v) is 5.98. The number of benzene rings is 1. The van der Waals surface area contributed by atoms with Gasteiger partial charge >= 0.3 is 6.18 Å². The van der Waals surface area contributed by atoms with E-state index in [1.165, 1.54) is 12.1 Å². The topological polar surface area (TPSA) is 121 Å². The van der Waals surface area contributed by atoms with Crippen molar-refractivity contribution in [3.05, 3.63) is 35.4 Å². The average molecular weight is 520 g/mol. The van der Waals surface area contributed by atoms with Crippen molar-refractivity contribution >= 4 is 0 Å². The van der Waals surface area contributed by atoms with Crippen molar-refractivity contribution in [1.29, 1.82) is 0 Å². The lowest BCUT2D eigenvalue weighted by Gasteiger charge is -2.60. The highest BCUT2D eigenvalue weighted by molar-refractivity contribution is 5.24. The van der Waals surface area contributed by atoms with E-state index in [2.05, 4.69) is 5.32 Å². The Labute approximate surface area is 208 Å². The van der Waals surface area contributed by atoms with Crippen molar-refractivity contribution in [2.75, 3.05) is 7.05 Å². The molecule has 5 N–H and O–H groups in total. The molecular formula is C25H36F3NO7. The molecule has 10 atom stereocenters. The lowest BCUT2D eigenvalue weighted by atomic mass is 9.73. The van der Waals surface area contributed by atoms with Gasteiger partial charge in [-0.05, 0) is 57.4 Å². The quantitative estimate of drug-likeness (QED) is 0.386. The van der Waals surface area contributed by atoms with Crippen molar-refractivity contribution in [2.24, 2.45) is 5.92 Å². The summed E-state index contributed by atoms with van der Waals surface area (Å²) < 4.78 is 56.4. The third kappa shape index (κ3) is 4.80. The molecule has 2 aliphatic heterocycles. The van der Waals surface area contributed by atoms with Crippen molar-refractivity contribution in [3.8, 4) is 0 Å². The van der Waals surface area contributed by atoms with Crippen LogP contribution in [0, 0.1) is 5.92 Å². The summed E-state index contributed by atoms with van der Waals surface area (Å²) in [6.45, 7) is 3.57. The Morgan fingerprint density at radius 3 is 2.31 bits per heavy atom. The van der Waals surface area contributed by atoms with Gasteiger partial charge in [-0.25, -0.2) is 0 Å². The van der Waals surface area contributed by atoms with Gasteiger partial charge in [0.15, 0.2) is 0 Å². The summed E-state index contributed by atoms with van der Waals surface area (Å²) in [6.07, 6.45) is -8.91. The number of ether oxygens (including phenoxy) is 3. The zero-order chi connectivity index (χ0) is 26.5. The minimum absolute atomic E-state index is 0.0284. The van der Waals surface area contributed by atoms with Crippen molar-refractivity contribution in [2.45, 2.75) is 106 Å². The third-order valence-electron chi connectivity index (χ3n) is 7.97. The number of fused-ring (bicyclic) bond motifs is 2. The molecule has 1 saturated carbocycles. The van der Waals surface area contributed by atoms with E-state index in [1.54, 1.807) is 14.0 Å². The lowest BCUT2D eigenvalue weighted by molar-refractivity contribution is -0.485. The highest BCUT2D eigenvalue weighted by atomic mass is 19.4. The maximum absolute atomic E-state index is 12.8. The van der Waals surface area contributed by atoms with Gasteiger partial charge in [0.1, 0.15) is 17.8 Å². The fourth-order valence-electron chi connectivity index (χ4n) is 5.98. The van der Waals surface area contributed by atoms with E-state index in [9.17, 15) is 33.6 Å². The van der Waals surface area contributed by atoms with E-state index in [-0.39, 0.29) is 12.8 Å². The number of hydrogen-bond acceptors (Lipinski definition) is 8. The predicted octanol–water partition coefficient (Wildman–Crippen LogP) is 1.72. The predicted molar refractivity (Wildman–Crippen MR) is 122 cm³/mol. The summed E-state index contributed by atoms with van der Waals surface area (Å²) in [6, 6.07) is 4.15. The van der Waals surface area contributed by atoms with Gasteiger partial charge in [-0.3, -0.25) is 0 Å². The first-order chi connectivity index (χ1) is 16.8. The molecule has 2 heterocycles. The molecule has 0 aromatic heterocycles. The fraction of sp³-hybridized carbons (Fsp3) is 0.760. The highest BCUT2D eigenvalue weighted by Crippen LogP contribution is 2.49. The van der Waals surface area contributed by atoms with Crippen LogP contribution in [0.15, 0.2) is 24.3 Å². The number of aliphatic hydroxyl groups is 4. The molecule has 3 aliphatic rings. The zero-order valence-electron chi connectivity index (χ0n) is 20.6. The van der Waals surface area contributed by atoms with Crippen LogP contribution in [0.5, 0.6) is 0 Å². The summed E-state index contributed by atoms with van der Waals surface area (Å²) in [5.74, 6) is -2.77. The minimum atomic E-state index is -4.41. The van der Waals surface area contributed by atoms with Gasteiger partial charge in [-0.2, -0.15) is 13.2 Å². The van der Waals surface area contributed by atoms with Gasteiger partial charge in [0, 0.05) is 12.3 Å². The molecule has 0 bridgehead atoms. The molecule has 1 aromatic carbocycles. The van der Waals surface area contributed by atoms with Gasteiger partial charge in [0.2, 0.25) is 12.1 Å². The van der Waals surface area contributed by atoms with Crippen LogP contribution in [0.1, 0.15) is 50.7 Å². The molecule has 0 spiro atoms. The van der Waals surface area contributed by atoms with Crippen LogP contribution in [0.25, 0.3) is 0 Å². The molecule has 204 valence electrons. The average Bonchev–Trinajstić information content (AvgIpc) is 2.80. The Balaban J connectivity index is 1.52. The van der Waals surface area contributed by atoms with E-state index >= 15 is 0 Å². The Kier molecular flexibility index (Phi) is 7.78. The number of rotatable bonds is 6. The monoisotopic (exact) mass is 519 g/mol. The number of aryl methyl sites for hydroxylation is 1. The lowest BCUT2D eigenvalue weighted by Crippen LogP contribution is -2.78. The first-order valence-electron chi connectivity index (χ1n) is 12.5. The molecule has 1 aromatic rings. The molecule has 8 nitrogen and oxygen atoms in total. The number of halogens is 3. The molecule has 0 amide bonds. The van der Waals surface area contributed by atoms with Gasteiger partial charge in [-0.1, -0.05) is 19.1 Å². The van der Waals surface area contributed by atoms with Gasteiger partial charge < -0.3 is 40.0 Å². The van der Waals surface area contributed by atoms with Gasteiger partial charge in [0.05, 0.1) is 29.9 Å². The van der Waals surface area contributed by atoms with Crippen molar-refractivity contribution in [3.63, 3.8) is 0 Å². The normalized spacial score (nSPS) is 43.1. The van der Waals surface area contributed by atoms with Crippen LogP contribution in [-0.4, -0.2) is 81.7 Å². The van der Waals surface area contributed by atoms with E-state index in [1.807, 2.05) is 6.92 Å². The number of likely N-dealkylation sites (N-methyl/N-ethyl adjacent to an activating group) is 1. The van der Waals surface area contributed by atoms with Gasteiger partial charge in [0.25, 0.3) is 0 Å². The molecule has 36 heavy (non-hydrogen) atoms. The Morgan fingerprint density at radius 2 is 1.72 bits per heavy atom. The Hall–Kier alpha value is -1.31. The largest absolute Gasteiger partial charge is 0.416 e. The SMILES string of the molecule is CC[C@@H]1[C@H](O)[C@H](NC)[C@H]2O[C@]3(O)[C@H](O[C@@H]2[C@H]1O)O[C@H](C)C[C@@]3(O)CCCc1ccc(C(F)(F)F)cc1. The maximum Gasteiger partial charge on any atom is 0.416 e. The Morgan fingerprint density at radius 1 is 1.06 bits per heavy atom. The smallest absolute Gasteiger partial charge is 0.391 e. The van der Waals surface area contributed by atoms with Crippen LogP contribution in [-0.2, 0) is 26.8 Å². The molecular weight excluding hydrogens is 483 g/mol. The summed E-state index contributed by atoms with van der Waals surface area (Å²) >= 11 is 0. The van der Waals surface area contributed by atoms with Crippen LogP contribution in [0.2, 0.25) is 0 Å². The Bertz CT molecular complexity index is 903. The second-order valence-electron chi connectivity index (χ2n) is 10.3. The molecule has 11 heteroatoms. The van der Waals surface area contributed by atoms with Crippen molar-refractivity contribution in [1.82, 2.24) is 5.32 Å². The molecule has 3 fully saturated rings. The number of hydrogen-bond donors (Lipinski definition) is 5. The summed E-state index contributed by atoms with van der Waals surface area (Å²) in [5, 5.41) is 48.0. The van der Waals surface area contributed by atoms with E-state index in [0.717, 1.165) is 12.1 Å². The summed E-state index contributed by atoms with van der Waals surface area (Å²) in [7, 11) is 1.63. The van der Waals surface area contributed by atoms with Crippen molar-refractivity contribution < 1.29 is 47.8 Å². The summed E-state index contributed by atoms with van der Waals surface area (Å²) in [5.41, 5.74) is -1.87. The molecule has 0 radical (unpaired) electrons. The van der Waals surface area contributed by atoms with Crippen LogP contribution in [0.4, 0.5) is 13.2 Å². The second kappa shape index (κ2) is 10.1. The highest BCUT2D eigenvalue weighted by Gasteiger charge is 2.68. The standard InChI is InChI=1S/C25H36F3NO7/c1-4-16-18(30)17(29-3)20-21(19(16)31)35-22-24(33,36-20)23(32,12-13(2)34-22)11-5-6-14-7-9-15(10-8-14)25(26,27)28/h7-10,13,16-22,29-33H,4-6,11-12H2,1-3H3/t13-,16-,17+,18+,19+,20-,21-,22+,23+,24-/m1/s1. The van der Waals surface area contributed by atoms with E-state index < -0.39 is 71.9 Å². The van der Waals surface area contributed by atoms with Crippen LogP contribution in [0.3, 0.4) is 0 Å². The molecule has 2 saturated heterocycles. The summed E-state index contributed by atoms with van der Waals surface area (Å²) in [4.78, 5) is 0. The molecule has 4 rings (SSSR count). The first kappa shape index (κ1) is 27.7. The van der Waals surface area contributed by atoms with Gasteiger partial charge in [-0.15, -0.1) is 0 Å². The number of aliphatic hydroxyl groups excluding tert-OH is 2. The number of nitrogens with one attached hydrogen (secondary N) is 1. The zero-order valence-corrected chi connectivity index (χ0v) is 20.6. The van der Waals surface area contributed by atoms with E-state index in [0.29, 0.717) is 24.8 Å². The number of alkyl halides is 3. The third-order valence-corrected chi connectivity index (χ3v) is 7.97. The minimum Gasteiger partial charge on any atom is -0.391 e. The molecule has 0 unspecified atom stereocenters. The second-order valence-corrected chi connectivity index (χ2v) is 10.3. The molecule has 1 aliphatic carbocycles. The van der Waals surface area contributed by atoms with Crippen LogP contribution >= 0.6 is 0 Å². The van der Waals surface area contributed by atoms with E-state index in [4.69, 9.17) is 14.2 Å².